The lowest BCUT2D eigenvalue weighted by molar-refractivity contribution is 0.0688. The smallest absolute Gasteiger partial charge is 0.352 e. The van der Waals surface area contributed by atoms with Crippen LogP contribution in [0, 0.1) is 0 Å². The number of thioether (sulfide) groups is 1. The van der Waals surface area contributed by atoms with Gasteiger partial charge in [-0.2, -0.15) is 0 Å². The lowest BCUT2D eigenvalue weighted by Gasteiger charge is -2.10. The lowest BCUT2D eigenvalue weighted by Crippen LogP contribution is -2.06. The average molecular weight is 275 g/mol. The Bertz CT molecular complexity index is 646. The van der Waals surface area contributed by atoms with Crippen LogP contribution in [0.4, 0.5) is 0 Å². The molecule has 0 atom stereocenters. The highest BCUT2D eigenvalue weighted by molar-refractivity contribution is 7.98. The molecule has 1 aromatic carbocycles. The molecule has 0 spiro atoms. The number of Topliss-reactive ketones (excluding diaryl/α,β-unsaturated/α-hetero) is 1. The van der Waals surface area contributed by atoms with Crippen molar-refractivity contribution in [2.45, 2.75) is 11.8 Å². The molecule has 0 unspecified atom stereocenters. The van der Waals surface area contributed by atoms with Gasteiger partial charge in [-0.05, 0) is 31.4 Å². The molecule has 0 saturated carbocycles. The molecule has 0 radical (unpaired) electrons. The van der Waals surface area contributed by atoms with Gasteiger partial charge in [0.25, 0.3) is 0 Å². The van der Waals surface area contributed by atoms with Crippen LogP contribution in [-0.4, -0.2) is 27.7 Å². The zero-order chi connectivity index (χ0) is 14.0. The Kier molecular flexibility index (Phi) is 3.76. The fourth-order valence-corrected chi connectivity index (χ4v) is 2.44. The number of para-hydroxylation sites is 1. The second-order valence-electron chi connectivity index (χ2n) is 4.02. The molecule has 19 heavy (non-hydrogen) atoms. The van der Waals surface area contributed by atoms with E-state index >= 15 is 0 Å². The summed E-state index contributed by atoms with van der Waals surface area (Å²) in [7, 11) is 0. The highest BCUT2D eigenvalue weighted by Crippen LogP contribution is 2.26. The van der Waals surface area contributed by atoms with Crippen LogP contribution >= 0.6 is 11.8 Å². The van der Waals surface area contributed by atoms with E-state index in [1.807, 2.05) is 30.5 Å². The summed E-state index contributed by atoms with van der Waals surface area (Å²) in [6.07, 6.45) is 3.50. The Morgan fingerprint density at radius 3 is 2.53 bits per heavy atom. The van der Waals surface area contributed by atoms with Crippen molar-refractivity contribution in [1.82, 2.24) is 4.57 Å². The van der Waals surface area contributed by atoms with Crippen molar-refractivity contribution in [3.8, 4) is 5.69 Å². The standard InChI is InChI=1S/C14H13NO3S/c1-9(16)10-7-12(14(17)18)15(8-10)11-5-3-4-6-13(11)19-2/h3-8H,1-2H3,(H,17,18). The molecule has 0 amide bonds. The van der Waals surface area contributed by atoms with E-state index in [4.69, 9.17) is 0 Å². The first-order valence-electron chi connectivity index (χ1n) is 5.64. The van der Waals surface area contributed by atoms with Gasteiger partial charge in [0, 0.05) is 16.7 Å². The van der Waals surface area contributed by atoms with Crippen LogP contribution in [0.25, 0.3) is 5.69 Å². The summed E-state index contributed by atoms with van der Waals surface area (Å²) < 4.78 is 1.55. The van der Waals surface area contributed by atoms with E-state index in [0.29, 0.717) is 5.56 Å². The summed E-state index contributed by atoms with van der Waals surface area (Å²) in [4.78, 5) is 23.7. The lowest BCUT2D eigenvalue weighted by atomic mass is 10.2. The summed E-state index contributed by atoms with van der Waals surface area (Å²) in [6.45, 7) is 1.42. The minimum atomic E-state index is -1.05. The molecule has 2 rings (SSSR count). The molecule has 0 aliphatic carbocycles. The van der Waals surface area contributed by atoms with Crippen molar-refractivity contribution in [2.24, 2.45) is 0 Å². The number of carboxylic acid groups (broad SMARTS) is 1. The molecule has 0 aliphatic heterocycles. The number of hydrogen-bond acceptors (Lipinski definition) is 3. The molecule has 4 nitrogen and oxygen atoms in total. The number of nitrogens with zero attached hydrogens (tertiary/aromatic N) is 1. The SMILES string of the molecule is CSc1ccccc1-n1cc(C(C)=O)cc1C(=O)O. The Hall–Kier alpha value is -2.01. The highest BCUT2D eigenvalue weighted by Gasteiger charge is 2.17. The predicted octanol–water partition coefficient (Wildman–Crippen LogP) is 3.10. The summed E-state index contributed by atoms with van der Waals surface area (Å²) >= 11 is 1.53. The second-order valence-corrected chi connectivity index (χ2v) is 4.87. The highest BCUT2D eigenvalue weighted by atomic mass is 32.2. The van der Waals surface area contributed by atoms with E-state index in [9.17, 15) is 14.7 Å². The van der Waals surface area contributed by atoms with Gasteiger partial charge in [-0.1, -0.05) is 12.1 Å². The normalized spacial score (nSPS) is 10.4. The molecule has 5 heteroatoms. The number of carbonyl (C=O) groups excluding carboxylic acids is 1. The molecule has 1 N–H and O–H groups in total. The maximum Gasteiger partial charge on any atom is 0.352 e. The van der Waals surface area contributed by atoms with Gasteiger partial charge < -0.3 is 9.67 Å². The number of aromatic carboxylic acids is 1. The third-order valence-electron chi connectivity index (χ3n) is 2.79. The molecule has 98 valence electrons. The summed E-state index contributed by atoms with van der Waals surface area (Å²) in [5, 5.41) is 9.25. The van der Waals surface area contributed by atoms with Crippen LogP contribution in [0.3, 0.4) is 0 Å². The number of ketones is 1. The second kappa shape index (κ2) is 5.32. The van der Waals surface area contributed by atoms with E-state index in [-0.39, 0.29) is 11.5 Å². The van der Waals surface area contributed by atoms with Gasteiger partial charge in [0.05, 0.1) is 5.69 Å². The quantitative estimate of drug-likeness (QED) is 0.688. The summed E-state index contributed by atoms with van der Waals surface area (Å²) in [5.74, 6) is -1.20. The first-order valence-corrected chi connectivity index (χ1v) is 6.87. The fraction of sp³-hybridized carbons (Fsp3) is 0.143. The monoisotopic (exact) mass is 275 g/mol. The third kappa shape index (κ3) is 2.56. The molecule has 2 aromatic rings. The first-order chi connectivity index (χ1) is 9.04. The van der Waals surface area contributed by atoms with Crippen LogP contribution in [0.1, 0.15) is 27.8 Å². The number of carbonyl (C=O) groups is 2. The van der Waals surface area contributed by atoms with Crippen LogP contribution in [0.2, 0.25) is 0 Å². The Balaban J connectivity index is 2.66. The maximum atomic E-state index is 11.4. The van der Waals surface area contributed by atoms with Crippen molar-refractivity contribution in [2.75, 3.05) is 6.26 Å². The van der Waals surface area contributed by atoms with Crippen LogP contribution in [-0.2, 0) is 0 Å². The van der Waals surface area contributed by atoms with Crippen LogP contribution < -0.4 is 0 Å². The van der Waals surface area contributed by atoms with E-state index in [1.54, 1.807) is 10.8 Å². The average Bonchev–Trinajstić information content (AvgIpc) is 2.83. The molecule has 1 aromatic heterocycles. The van der Waals surface area contributed by atoms with Crippen molar-refractivity contribution >= 4 is 23.5 Å². The Morgan fingerprint density at radius 1 is 1.26 bits per heavy atom. The molecule has 0 saturated heterocycles. The van der Waals surface area contributed by atoms with Gasteiger partial charge in [-0.3, -0.25) is 4.79 Å². The summed E-state index contributed by atoms with van der Waals surface area (Å²) in [5.41, 5.74) is 1.25. The number of benzene rings is 1. The molecular formula is C14H13NO3S. The Morgan fingerprint density at radius 2 is 1.95 bits per heavy atom. The minimum Gasteiger partial charge on any atom is -0.477 e. The van der Waals surface area contributed by atoms with Gasteiger partial charge in [-0.15, -0.1) is 11.8 Å². The number of rotatable bonds is 4. The molecule has 0 fully saturated rings. The molecule has 0 aliphatic rings. The van der Waals surface area contributed by atoms with Crippen molar-refractivity contribution in [3.63, 3.8) is 0 Å². The first kappa shape index (κ1) is 13.4. The Labute approximate surface area is 115 Å². The van der Waals surface area contributed by atoms with Gasteiger partial charge in [0.15, 0.2) is 5.78 Å². The van der Waals surface area contributed by atoms with Crippen LogP contribution in [0.15, 0.2) is 41.4 Å². The fourth-order valence-electron chi connectivity index (χ4n) is 1.85. The number of carboxylic acids is 1. The third-order valence-corrected chi connectivity index (χ3v) is 3.58. The van der Waals surface area contributed by atoms with Crippen molar-refractivity contribution in [1.29, 1.82) is 0 Å². The predicted molar refractivity (Wildman–Crippen MR) is 74.5 cm³/mol. The van der Waals surface area contributed by atoms with E-state index in [1.165, 1.54) is 24.8 Å². The largest absolute Gasteiger partial charge is 0.477 e. The van der Waals surface area contributed by atoms with E-state index in [0.717, 1.165) is 10.6 Å². The van der Waals surface area contributed by atoms with Gasteiger partial charge >= 0.3 is 5.97 Å². The van der Waals surface area contributed by atoms with E-state index < -0.39 is 5.97 Å². The maximum absolute atomic E-state index is 11.4. The zero-order valence-electron chi connectivity index (χ0n) is 10.6. The zero-order valence-corrected chi connectivity index (χ0v) is 11.4. The number of aromatic nitrogens is 1. The van der Waals surface area contributed by atoms with Gasteiger partial charge in [0.2, 0.25) is 0 Å². The van der Waals surface area contributed by atoms with Gasteiger partial charge in [0.1, 0.15) is 5.69 Å². The topological polar surface area (TPSA) is 59.3 Å². The molecule has 0 bridgehead atoms. The van der Waals surface area contributed by atoms with Gasteiger partial charge in [-0.25, -0.2) is 4.79 Å². The molecular weight excluding hydrogens is 262 g/mol. The van der Waals surface area contributed by atoms with Crippen molar-refractivity contribution < 1.29 is 14.7 Å². The van der Waals surface area contributed by atoms with Crippen LogP contribution in [0.5, 0.6) is 0 Å². The number of hydrogen-bond donors (Lipinski definition) is 1. The summed E-state index contributed by atoms with van der Waals surface area (Å²) in [6, 6.07) is 8.89. The van der Waals surface area contributed by atoms with Crippen molar-refractivity contribution in [3.05, 3.63) is 47.8 Å². The minimum absolute atomic E-state index is 0.0895. The molecule has 1 heterocycles. The van der Waals surface area contributed by atoms with E-state index in [2.05, 4.69) is 0 Å².